The summed E-state index contributed by atoms with van der Waals surface area (Å²) < 4.78 is 15.3. The van der Waals surface area contributed by atoms with Crippen molar-refractivity contribution in [1.82, 2.24) is 0 Å². The Hall–Kier alpha value is -3.35. The molecular formula is C21H23NO6. The van der Waals surface area contributed by atoms with Gasteiger partial charge in [-0.15, -0.1) is 0 Å². The van der Waals surface area contributed by atoms with Gasteiger partial charge in [-0.25, -0.2) is 9.59 Å². The highest BCUT2D eigenvalue weighted by molar-refractivity contribution is 5.99. The zero-order chi connectivity index (χ0) is 20.7. The first kappa shape index (κ1) is 21.0. The van der Waals surface area contributed by atoms with Crippen LogP contribution in [0.3, 0.4) is 0 Å². The topological polar surface area (TPSA) is 90.9 Å². The SMILES string of the molecule is COc1ccc(C(=O)COC(=O)c2cccc(NC(=O)OC(C)(C)C)c2)cc1. The maximum Gasteiger partial charge on any atom is 0.412 e. The molecule has 0 aliphatic rings. The first-order valence-corrected chi connectivity index (χ1v) is 8.62. The predicted octanol–water partition coefficient (Wildman–Crippen LogP) is 4.08. The molecule has 0 saturated carbocycles. The summed E-state index contributed by atoms with van der Waals surface area (Å²) in [5, 5.41) is 2.55. The van der Waals surface area contributed by atoms with Crippen LogP contribution in [0, 0.1) is 0 Å². The van der Waals surface area contributed by atoms with E-state index in [1.54, 1.807) is 57.2 Å². The summed E-state index contributed by atoms with van der Waals surface area (Å²) in [4.78, 5) is 36.2. The van der Waals surface area contributed by atoms with Crippen LogP contribution in [-0.4, -0.2) is 37.2 Å². The van der Waals surface area contributed by atoms with Crippen LogP contribution in [0.25, 0.3) is 0 Å². The minimum absolute atomic E-state index is 0.205. The lowest BCUT2D eigenvalue weighted by atomic mass is 10.1. The predicted molar refractivity (Wildman–Crippen MR) is 104 cm³/mol. The number of esters is 1. The molecule has 0 spiro atoms. The van der Waals surface area contributed by atoms with Crippen molar-refractivity contribution < 1.29 is 28.6 Å². The van der Waals surface area contributed by atoms with Crippen molar-refractivity contribution in [3.05, 3.63) is 59.7 Å². The van der Waals surface area contributed by atoms with E-state index < -0.39 is 24.3 Å². The molecule has 0 radical (unpaired) electrons. The van der Waals surface area contributed by atoms with E-state index in [1.807, 2.05) is 0 Å². The Morgan fingerprint density at radius 3 is 2.25 bits per heavy atom. The van der Waals surface area contributed by atoms with Gasteiger partial charge in [0.25, 0.3) is 0 Å². The van der Waals surface area contributed by atoms with E-state index >= 15 is 0 Å². The molecule has 28 heavy (non-hydrogen) atoms. The van der Waals surface area contributed by atoms with Gasteiger partial charge in [0, 0.05) is 11.3 Å². The van der Waals surface area contributed by atoms with Gasteiger partial charge in [-0.05, 0) is 63.2 Å². The minimum Gasteiger partial charge on any atom is -0.497 e. The van der Waals surface area contributed by atoms with Gasteiger partial charge in [-0.1, -0.05) is 6.07 Å². The number of benzene rings is 2. The van der Waals surface area contributed by atoms with Gasteiger partial charge < -0.3 is 14.2 Å². The number of rotatable bonds is 6. The van der Waals surface area contributed by atoms with Crippen molar-refractivity contribution in [3.63, 3.8) is 0 Å². The summed E-state index contributed by atoms with van der Waals surface area (Å²) in [6, 6.07) is 12.7. The Balaban J connectivity index is 1.94. The number of carbonyl (C=O) groups is 3. The van der Waals surface area contributed by atoms with E-state index in [-0.39, 0.29) is 11.3 Å². The smallest absolute Gasteiger partial charge is 0.412 e. The highest BCUT2D eigenvalue weighted by Gasteiger charge is 2.17. The lowest BCUT2D eigenvalue weighted by Crippen LogP contribution is -2.27. The molecule has 148 valence electrons. The van der Waals surface area contributed by atoms with Gasteiger partial charge in [0.15, 0.2) is 12.4 Å². The average molecular weight is 385 g/mol. The van der Waals surface area contributed by atoms with Crippen LogP contribution < -0.4 is 10.1 Å². The second kappa shape index (κ2) is 9.03. The Bertz CT molecular complexity index is 852. The summed E-state index contributed by atoms with van der Waals surface area (Å²) in [6.07, 6.45) is -0.632. The van der Waals surface area contributed by atoms with Crippen LogP contribution in [0.2, 0.25) is 0 Å². The maximum absolute atomic E-state index is 12.2. The van der Waals surface area contributed by atoms with Gasteiger partial charge in [-0.3, -0.25) is 10.1 Å². The second-order valence-corrected chi connectivity index (χ2v) is 6.94. The standard InChI is InChI=1S/C21H23NO6/c1-21(2,3)28-20(25)22-16-7-5-6-15(12-16)19(24)27-13-18(23)14-8-10-17(26-4)11-9-14/h5-12H,13H2,1-4H3,(H,22,25). The third kappa shape index (κ3) is 6.42. The maximum atomic E-state index is 12.2. The van der Waals surface area contributed by atoms with E-state index in [0.29, 0.717) is 17.0 Å². The summed E-state index contributed by atoms with van der Waals surface area (Å²) in [5.41, 5.74) is 0.359. The van der Waals surface area contributed by atoms with Crippen molar-refractivity contribution in [2.24, 2.45) is 0 Å². The number of anilines is 1. The van der Waals surface area contributed by atoms with Crippen LogP contribution in [0.15, 0.2) is 48.5 Å². The Morgan fingerprint density at radius 2 is 1.64 bits per heavy atom. The zero-order valence-corrected chi connectivity index (χ0v) is 16.3. The number of hydrogen-bond donors (Lipinski definition) is 1. The molecule has 0 bridgehead atoms. The summed E-state index contributed by atoms with van der Waals surface area (Å²) >= 11 is 0. The third-order valence-corrected chi connectivity index (χ3v) is 3.49. The van der Waals surface area contributed by atoms with Crippen LogP contribution in [0.4, 0.5) is 10.5 Å². The fraction of sp³-hybridized carbons (Fsp3) is 0.286. The normalized spacial score (nSPS) is 10.7. The fourth-order valence-corrected chi connectivity index (χ4v) is 2.22. The molecule has 0 heterocycles. The first-order valence-electron chi connectivity index (χ1n) is 8.62. The quantitative estimate of drug-likeness (QED) is 0.595. The summed E-state index contributed by atoms with van der Waals surface area (Å²) in [7, 11) is 1.53. The highest BCUT2D eigenvalue weighted by Crippen LogP contribution is 2.15. The lowest BCUT2D eigenvalue weighted by Gasteiger charge is -2.19. The molecular weight excluding hydrogens is 362 g/mol. The molecule has 2 rings (SSSR count). The number of Topliss-reactive ketones (excluding diaryl/α,β-unsaturated/α-hetero) is 1. The minimum atomic E-state index is -0.672. The largest absolute Gasteiger partial charge is 0.497 e. The van der Waals surface area contributed by atoms with Gasteiger partial charge in [0.2, 0.25) is 0 Å². The van der Waals surface area contributed by atoms with Gasteiger partial charge >= 0.3 is 12.1 Å². The average Bonchev–Trinajstić information content (AvgIpc) is 2.64. The van der Waals surface area contributed by atoms with E-state index in [9.17, 15) is 14.4 Å². The van der Waals surface area contributed by atoms with E-state index in [0.717, 1.165) is 0 Å². The summed E-state index contributed by atoms with van der Waals surface area (Å²) in [5.74, 6) is -0.378. The number of hydrogen-bond acceptors (Lipinski definition) is 6. The second-order valence-electron chi connectivity index (χ2n) is 6.94. The lowest BCUT2D eigenvalue weighted by molar-refractivity contribution is 0.0474. The van der Waals surface area contributed by atoms with Gasteiger partial charge in [0.1, 0.15) is 11.4 Å². The molecule has 7 heteroatoms. The number of amides is 1. The molecule has 2 aromatic carbocycles. The molecule has 0 fully saturated rings. The molecule has 0 saturated heterocycles. The van der Waals surface area contributed by atoms with Gasteiger partial charge in [0.05, 0.1) is 12.7 Å². The van der Waals surface area contributed by atoms with Crippen LogP contribution >= 0.6 is 0 Å². The van der Waals surface area contributed by atoms with E-state index in [4.69, 9.17) is 14.2 Å². The third-order valence-electron chi connectivity index (χ3n) is 3.49. The number of ether oxygens (including phenoxy) is 3. The fourth-order valence-electron chi connectivity index (χ4n) is 2.22. The number of methoxy groups -OCH3 is 1. The Labute approximate surface area is 163 Å². The molecule has 1 amide bonds. The van der Waals surface area contributed by atoms with E-state index in [2.05, 4.69) is 5.32 Å². The van der Waals surface area contributed by atoms with Gasteiger partial charge in [-0.2, -0.15) is 0 Å². The highest BCUT2D eigenvalue weighted by atomic mass is 16.6. The van der Waals surface area contributed by atoms with Crippen LogP contribution in [0.5, 0.6) is 5.75 Å². The van der Waals surface area contributed by atoms with Crippen molar-refractivity contribution in [2.45, 2.75) is 26.4 Å². The first-order chi connectivity index (χ1) is 13.2. The van der Waals surface area contributed by atoms with Crippen LogP contribution in [0.1, 0.15) is 41.5 Å². The molecule has 0 aliphatic carbocycles. The molecule has 0 unspecified atom stereocenters. The molecule has 7 nitrogen and oxygen atoms in total. The Kier molecular flexibility index (Phi) is 6.76. The van der Waals surface area contributed by atoms with Crippen LogP contribution in [-0.2, 0) is 9.47 Å². The zero-order valence-electron chi connectivity index (χ0n) is 16.3. The Morgan fingerprint density at radius 1 is 0.964 bits per heavy atom. The molecule has 2 aromatic rings. The van der Waals surface area contributed by atoms with Crippen molar-refractivity contribution >= 4 is 23.5 Å². The molecule has 0 aromatic heterocycles. The number of carbonyl (C=O) groups excluding carboxylic acids is 3. The van der Waals surface area contributed by atoms with E-state index in [1.165, 1.54) is 19.2 Å². The molecule has 0 aliphatic heterocycles. The number of nitrogens with one attached hydrogen (secondary N) is 1. The van der Waals surface area contributed by atoms with Crippen molar-refractivity contribution in [1.29, 1.82) is 0 Å². The monoisotopic (exact) mass is 385 g/mol. The van der Waals surface area contributed by atoms with Crippen molar-refractivity contribution in [2.75, 3.05) is 19.0 Å². The van der Waals surface area contributed by atoms with Crippen molar-refractivity contribution in [3.8, 4) is 5.75 Å². The number of ketones is 1. The summed E-state index contributed by atoms with van der Waals surface area (Å²) in [6.45, 7) is 4.86. The molecule has 0 atom stereocenters. The molecule has 1 N–H and O–H groups in total.